The second-order valence-electron chi connectivity index (χ2n) is 3.61. The van der Waals surface area contributed by atoms with Crippen molar-refractivity contribution in [3.8, 4) is 0 Å². The van der Waals surface area contributed by atoms with Crippen molar-refractivity contribution in [1.82, 2.24) is 0 Å². The van der Waals surface area contributed by atoms with Crippen molar-refractivity contribution in [3.05, 3.63) is 0 Å². The molecule has 0 bridgehead atoms. The first kappa shape index (κ1) is 9.63. The van der Waals surface area contributed by atoms with Gasteiger partial charge in [0.15, 0.2) is 0 Å². The first-order valence-corrected chi connectivity index (χ1v) is 3.66. The van der Waals surface area contributed by atoms with Gasteiger partial charge in [0, 0.05) is 17.9 Å². The average Bonchev–Trinajstić information content (AvgIpc) is 1.86. The molecule has 0 heterocycles. The lowest BCUT2D eigenvalue weighted by molar-refractivity contribution is -0.129. The molecular formula is C8H17NO. The van der Waals surface area contributed by atoms with Crippen LogP contribution in [0.4, 0.5) is 0 Å². The lowest BCUT2D eigenvalue weighted by Gasteiger charge is -2.22. The fourth-order valence-electron chi connectivity index (χ4n) is 0.882. The molecule has 10 heavy (non-hydrogen) atoms. The van der Waals surface area contributed by atoms with E-state index in [1.54, 1.807) is 0 Å². The highest BCUT2D eigenvalue weighted by molar-refractivity contribution is 5.85. The van der Waals surface area contributed by atoms with Gasteiger partial charge in [0.1, 0.15) is 5.78 Å². The molecule has 0 unspecified atom stereocenters. The minimum Gasteiger partial charge on any atom is -0.329 e. The summed E-state index contributed by atoms with van der Waals surface area (Å²) in [5.74, 6) is 0.341. The fraction of sp³-hybridized carbons (Fsp3) is 0.875. The van der Waals surface area contributed by atoms with Gasteiger partial charge >= 0.3 is 0 Å². The van der Waals surface area contributed by atoms with Gasteiger partial charge < -0.3 is 5.73 Å². The number of carbonyl (C=O) groups is 1. The van der Waals surface area contributed by atoms with E-state index < -0.39 is 0 Å². The fourth-order valence-corrected chi connectivity index (χ4v) is 0.882. The summed E-state index contributed by atoms with van der Waals surface area (Å²) >= 11 is 0. The van der Waals surface area contributed by atoms with Gasteiger partial charge in [-0.25, -0.2) is 0 Å². The first-order valence-electron chi connectivity index (χ1n) is 3.66. The van der Waals surface area contributed by atoms with Crippen LogP contribution in [0.2, 0.25) is 0 Å². The summed E-state index contributed by atoms with van der Waals surface area (Å²) in [6.07, 6.45) is 0. The van der Waals surface area contributed by atoms with Gasteiger partial charge in [0.2, 0.25) is 0 Å². The zero-order valence-corrected chi connectivity index (χ0v) is 7.27. The van der Waals surface area contributed by atoms with Gasteiger partial charge in [-0.3, -0.25) is 4.79 Å². The molecule has 0 amide bonds. The number of ketones is 1. The van der Waals surface area contributed by atoms with E-state index in [2.05, 4.69) is 0 Å². The number of carbonyl (C=O) groups excluding carboxylic acids is 1. The zero-order valence-electron chi connectivity index (χ0n) is 7.27. The highest BCUT2D eigenvalue weighted by atomic mass is 16.1. The van der Waals surface area contributed by atoms with Gasteiger partial charge in [0.25, 0.3) is 0 Å². The molecular weight excluding hydrogens is 126 g/mol. The number of Topliss-reactive ketones (excluding diaryl/α,β-unsaturated/α-hetero) is 1. The predicted octanol–water partition coefficient (Wildman–Crippen LogP) is 1.20. The maximum atomic E-state index is 11.3. The molecule has 0 aromatic rings. The Kier molecular flexibility index (Phi) is 3.03. The van der Waals surface area contributed by atoms with Crippen LogP contribution >= 0.6 is 0 Å². The van der Waals surface area contributed by atoms with E-state index in [0.717, 1.165) is 0 Å². The van der Waals surface area contributed by atoms with Crippen LogP contribution in [0.1, 0.15) is 27.7 Å². The average molecular weight is 143 g/mol. The lowest BCUT2D eigenvalue weighted by Crippen LogP contribution is -2.35. The quantitative estimate of drug-likeness (QED) is 0.645. The maximum Gasteiger partial charge on any atom is 0.142 e. The van der Waals surface area contributed by atoms with Gasteiger partial charge in [-0.1, -0.05) is 27.7 Å². The highest BCUT2D eigenvalue weighted by Gasteiger charge is 2.27. The molecule has 0 aliphatic rings. The molecule has 2 N–H and O–H groups in total. The minimum absolute atomic E-state index is 0.0959. The van der Waals surface area contributed by atoms with Crippen LogP contribution in [-0.4, -0.2) is 12.3 Å². The van der Waals surface area contributed by atoms with Crippen molar-refractivity contribution in [2.45, 2.75) is 27.7 Å². The Morgan fingerprint density at radius 2 is 1.90 bits per heavy atom. The molecule has 0 fully saturated rings. The lowest BCUT2D eigenvalue weighted by atomic mass is 9.83. The predicted molar refractivity (Wildman–Crippen MR) is 42.7 cm³/mol. The third-order valence-corrected chi connectivity index (χ3v) is 1.70. The van der Waals surface area contributed by atoms with Crippen LogP contribution < -0.4 is 5.73 Å². The van der Waals surface area contributed by atoms with Crippen LogP contribution in [0.15, 0.2) is 0 Å². The Labute approximate surface area is 62.8 Å². The molecule has 0 radical (unpaired) electrons. The molecule has 0 aliphatic carbocycles. The topological polar surface area (TPSA) is 43.1 Å². The van der Waals surface area contributed by atoms with Crippen LogP contribution in [-0.2, 0) is 4.79 Å². The van der Waals surface area contributed by atoms with E-state index in [1.807, 2.05) is 27.7 Å². The van der Waals surface area contributed by atoms with Gasteiger partial charge in [0.05, 0.1) is 0 Å². The van der Waals surface area contributed by atoms with Crippen molar-refractivity contribution in [2.24, 2.45) is 17.1 Å². The maximum absolute atomic E-state index is 11.3. The third kappa shape index (κ3) is 2.10. The van der Waals surface area contributed by atoms with Crippen LogP contribution in [0.3, 0.4) is 0 Å². The second-order valence-corrected chi connectivity index (χ2v) is 3.61. The largest absolute Gasteiger partial charge is 0.329 e. The number of nitrogens with two attached hydrogens (primary N) is 1. The molecule has 0 saturated carbocycles. The van der Waals surface area contributed by atoms with Gasteiger partial charge in [-0.2, -0.15) is 0 Å². The Balaban J connectivity index is 4.19. The molecule has 0 saturated heterocycles. The normalized spacial score (nSPS) is 12.2. The monoisotopic (exact) mass is 143 g/mol. The van der Waals surface area contributed by atoms with E-state index in [9.17, 15) is 4.79 Å². The van der Waals surface area contributed by atoms with Crippen LogP contribution in [0, 0.1) is 11.3 Å². The number of hydrogen-bond acceptors (Lipinski definition) is 2. The van der Waals surface area contributed by atoms with E-state index in [-0.39, 0.29) is 17.1 Å². The van der Waals surface area contributed by atoms with E-state index in [1.165, 1.54) is 0 Å². The molecule has 0 atom stereocenters. The summed E-state index contributed by atoms with van der Waals surface area (Å²) in [5.41, 5.74) is 5.09. The first-order chi connectivity index (χ1) is 4.41. The molecule has 2 heteroatoms. The van der Waals surface area contributed by atoms with E-state index in [0.29, 0.717) is 6.54 Å². The number of rotatable bonds is 3. The molecule has 2 nitrogen and oxygen atoms in total. The summed E-state index contributed by atoms with van der Waals surface area (Å²) in [6, 6.07) is 0. The van der Waals surface area contributed by atoms with Crippen LogP contribution in [0.5, 0.6) is 0 Å². The van der Waals surface area contributed by atoms with E-state index in [4.69, 9.17) is 5.73 Å². The standard InChI is InChI=1S/C8H17NO/c1-6(2)7(10)8(3,4)5-9/h6H,5,9H2,1-4H3. The second kappa shape index (κ2) is 3.15. The molecule has 0 spiro atoms. The summed E-state index contributed by atoms with van der Waals surface area (Å²) in [4.78, 5) is 11.3. The zero-order chi connectivity index (χ0) is 8.36. The SMILES string of the molecule is CC(C)C(=O)C(C)(C)CN. The smallest absolute Gasteiger partial charge is 0.142 e. The van der Waals surface area contributed by atoms with Crippen LogP contribution in [0.25, 0.3) is 0 Å². The summed E-state index contributed by atoms with van der Waals surface area (Å²) in [5, 5.41) is 0. The Bertz CT molecular complexity index is 127. The van der Waals surface area contributed by atoms with Crippen molar-refractivity contribution >= 4 is 5.78 Å². The van der Waals surface area contributed by atoms with Crippen molar-refractivity contribution < 1.29 is 4.79 Å². The Hall–Kier alpha value is -0.370. The van der Waals surface area contributed by atoms with Gasteiger partial charge in [-0.15, -0.1) is 0 Å². The van der Waals surface area contributed by atoms with Crippen molar-refractivity contribution in [2.75, 3.05) is 6.54 Å². The molecule has 0 rings (SSSR count). The summed E-state index contributed by atoms with van der Waals surface area (Å²) in [6.45, 7) is 8.01. The molecule has 0 aliphatic heterocycles. The highest BCUT2D eigenvalue weighted by Crippen LogP contribution is 2.18. The minimum atomic E-state index is -0.339. The summed E-state index contributed by atoms with van der Waals surface area (Å²) < 4.78 is 0. The van der Waals surface area contributed by atoms with Crippen molar-refractivity contribution in [1.29, 1.82) is 0 Å². The molecule has 0 aromatic heterocycles. The molecule has 0 aromatic carbocycles. The Morgan fingerprint density at radius 3 is 2.00 bits per heavy atom. The van der Waals surface area contributed by atoms with E-state index >= 15 is 0 Å². The number of hydrogen-bond donors (Lipinski definition) is 1. The molecule has 60 valence electrons. The van der Waals surface area contributed by atoms with Crippen molar-refractivity contribution in [3.63, 3.8) is 0 Å². The third-order valence-electron chi connectivity index (χ3n) is 1.70. The Morgan fingerprint density at radius 1 is 1.50 bits per heavy atom. The summed E-state index contributed by atoms with van der Waals surface area (Å²) in [7, 11) is 0. The van der Waals surface area contributed by atoms with Gasteiger partial charge in [-0.05, 0) is 0 Å².